The molecule has 18 heavy (non-hydrogen) atoms. The molecule has 0 aliphatic rings. The van der Waals surface area contributed by atoms with Gasteiger partial charge in [0.25, 0.3) is 11.6 Å². The number of hydrogen-bond acceptors (Lipinski definition) is 3. The number of rotatable bonds is 4. The van der Waals surface area contributed by atoms with Crippen LogP contribution in [0.5, 0.6) is 0 Å². The van der Waals surface area contributed by atoms with Gasteiger partial charge in [0.05, 0.1) is 4.92 Å². The molecule has 5 heteroatoms. The van der Waals surface area contributed by atoms with Crippen LogP contribution in [-0.2, 0) is 0 Å². The number of nitrogens with one attached hydrogen (secondary N) is 1. The normalized spacial score (nSPS) is 12.3. The quantitative estimate of drug-likeness (QED) is 0.659. The molecule has 0 aromatic heterocycles. The van der Waals surface area contributed by atoms with Crippen molar-refractivity contribution in [3.8, 4) is 0 Å². The summed E-state index contributed by atoms with van der Waals surface area (Å²) in [5.41, 5.74) is 0.729. The molecule has 1 atom stereocenters. The fourth-order valence-corrected chi connectivity index (χ4v) is 1.52. The number of carbonyl (C=O) groups excluding carboxylic acids is 1. The molecular weight excluding hydrogens is 232 g/mol. The average molecular weight is 250 g/mol. The molecule has 0 saturated heterocycles. The van der Waals surface area contributed by atoms with Gasteiger partial charge in [0.15, 0.2) is 0 Å². The number of carbonyl (C=O) groups is 1. The maximum absolute atomic E-state index is 12.0. The van der Waals surface area contributed by atoms with Crippen molar-refractivity contribution in [2.75, 3.05) is 0 Å². The van der Waals surface area contributed by atoms with Gasteiger partial charge in [-0.25, -0.2) is 0 Å². The highest BCUT2D eigenvalue weighted by molar-refractivity contribution is 5.96. The third-order valence-electron chi connectivity index (χ3n) is 3.11. The lowest BCUT2D eigenvalue weighted by atomic mass is 10.0. The van der Waals surface area contributed by atoms with Crippen molar-refractivity contribution < 1.29 is 9.72 Å². The summed E-state index contributed by atoms with van der Waals surface area (Å²) in [6.07, 6.45) is 0. The zero-order valence-corrected chi connectivity index (χ0v) is 11.1. The number of nitro groups is 1. The number of hydrogen-bond donors (Lipinski definition) is 1. The van der Waals surface area contributed by atoms with Gasteiger partial charge < -0.3 is 5.32 Å². The Morgan fingerprint density at radius 3 is 2.44 bits per heavy atom. The summed E-state index contributed by atoms with van der Waals surface area (Å²) in [6, 6.07) is 4.55. The predicted octanol–water partition coefficient (Wildman–Crippen LogP) is 2.68. The van der Waals surface area contributed by atoms with Gasteiger partial charge in [-0.3, -0.25) is 14.9 Å². The first kappa shape index (κ1) is 14.2. The summed E-state index contributed by atoms with van der Waals surface area (Å²) in [5, 5.41) is 13.6. The Morgan fingerprint density at radius 2 is 1.94 bits per heavy atom. The standard InChI is InChI=1S/C13H18N2O3/c1-8(2)10(4)14-13(16)11-6-5-7-12(9(11)3)15(17)18/h5-8,10H,1-4H3,(H,14,16)/t10-/m0/s1. The molecule has 0 bridgehead atoms. The predicted molar refractivity (Wildman–Crippen MR) is 69.6 cm³/mol. The van der Waals surface area contributed by atoms with Crippen LogP contribution >= 0.6 is 0 Å². The second-order valence-corrected chi connectivity index (χ2v) is 4.71. The zero-order chi connectivity index (χ0) is 13.9. The van der Waals surface area contributed by atoms with Crippen LogP contribution in [0.4, 0.5) is 5.69 Å². The van der Waals surface area contributed by atoms with E-state index in [1.54, 1.807) is 13.0 Å². The molecule has 0 spiro atoms. The second kappa shape index (κ2) is 5.62. The van der Waals surface area contributed by atoms with E-state index < -0.39 is 4.92 Å². The van der Waals surface area contributed by atoms with Crippen molar-refractivity contribution in [2.45, 2.75) is 33.7 Å². The third-order valence-corrected chi connectivity index (χ3v) is 3.11. The van der Waals surface area contributed by atoms with Crippen LogP contribution < -0.4 is 5.32 Å². The van der Waals surface area contributed by atoms with Crippen molar-refractivity contribution in [1.82, 2.24) is 5.32 Å². The van der Waals surface area contributed by atoms with Crippen LogP contribution in [0, 0.1) is 23.0 Å². The Balaban J connectivity index is 3.00. The van der Waals surface area contributed by atoms with Gasteiger partial charge in [-0.1, -0.05) is 19.9 Å². The zero-order valence-electron chi connectivity index (χ0n) is 11.1. The summed E-state index contributed by atoms with van der Waals surface area (Å²) in [5.74, 6) is 0.0466. The van der Waals surface area contributed by atoms with E-state index >= 15 is 0 Å². The van der Waals surface area contributed by atoms with Gasteiger partial charge in [-0.15, -0.1) is 0 Å². The molecule has 1 rings (SSSR count). The highest BCUT2D eigenvalue weighted by Crippen LogP contribution is 2.21. The average Bonchev–Trinajstić information content (AvgIpc) is 2.28. The first-order valence-electron chi connectivity index (χ1n) is 5.89. The summed E-state index contributed by atoms with van der Waals surface area (Å²) >= 11 is 0. The van der Waals surface area contributed by atoms with Crippen LogP contribution in [0.15, 0.2) is 18.2 Å². The van der Waals surface area contributed by atoms with Gasteiger partial charge in [0.1, 0.15) is 0 Å². The van der Waals surface area contributed by atoms with E-state index in [4.69, 9.17) is 0 Å². The molecule has 0 radical (unpaired) electrons. The van der Waals surface area contributed by atoms with Gasteiger partial charge in [-0.05, 0) is 25.8 Å². The first-order valence-corrected chi connectivity index (χ1v) is 5.89. The monoisotopic (exact) mass is 250 g/mol. The molecule has 5 nitrogen and oxygen atoms in total. The molecule has 0 fully saturated rings. The minimum atomic E-state index is -0.474. The summed E-state index contributed by atoms with van der Waals surface area (Å²) in [4.78, 5) is 22.3. The molecule has 0 unspecified atom stereocenters. The molecule has 0 aliphatic carbocycles. The van der Waals surface area contributed by atoms with Crippen molar-refractivity contribution in [3.05, 3.63) is 39.4 Å². The maximum Gasteiger partial charge on any atom is 0.273 e. The third kappa shape index (κ3) is 3.06. The Kier molecular flexibility index (Phi) is 4.42. The Morgan fingerprint density at radius 1 is 1.33 bits per heavy atom. The van der Waals surface area contributed by atoms with Crippen molar-refractivity contribution in [2.24, 2.45) is 5.92 Å². The SMILES string of the molecule is Cc1c(C(=O)N[C@@H](C)C(C)C)cccc1[N+](=O)[O-]. The Labute approximate surface area is 106 Å². The molecule has 0 aliphatic heterocycles. The van der Waals surface area contributed by atoms with Crippen LogP contribution in [0.1, 0.15) is 36.7 Å². The highest BCUT2D eigenvalue weighted by atomic mass is 16.6. The minimum Gasteiger partial charge on any atom is -0.349 e. The molecule has 1 N–H and O–H groups in total. The molecule has 1 aromatic rings. The van der Waals surface area contributed by atoms with E-state index in [9.17, 15) is 14.9 Å². The Hall–Kier alpha value is -1.91. The van der Waals surface area contributed by atoms with Gasteiger partial charge in [0, 0.05) is 23.2 Å². The van der Waals surface area contributed by atoms with Crippen molar-refractivity contribution in [1.29, 1.82) is 0 Å². The van der Waals surface area contributed by atoms with E-state index in [2.05, 4.69) is 5.32 Å². The number of nitro benzene ring substituents is 1. The van der Waals surface area contributed by atoms with Crippen LogP contribution in [-0.4, -0.2) is 16.9 Å². The van der Waals surface area contributed by atoms with Crippen molar-refractivity contribution >= 4 is 11.6 Å². The lowest BCUT2D eigenvalue weighted by Gasteiger charge is -2.18. The van der Waals surface area contributed by atoms with E-state index in [0.29, 0.717) is 17.0 Å². The topological polar surface area (TPSA) is 72.2 Å². The fourth-order valence-electron chi connectivity index (χ4n) is 1.52. The van der Waals surface area contributed by atoms with Gasteiger partial charge in [0.2, 0.25) is 0 Å². The fraction of sp³-hybridized carbons (Fsp3) is 0.462. The van der Waals surface area contributed by atoms with E-state index in [0.717, 1.165) is 0 Å². The molecule has 1 aromatic carbocycles. The van der Waals surface area contributed by atoms with E-state index in [1.807, 2.05) is 20.8 Å². The number of nitrogens with zero attached hydrogens (tertiary/aromatic N) is 1. The number of benzene rings is 1. The minimum absolute atomic E-state index is 0.0242. The van der Waals surface area contributed by atoms with Crippen LogP contribution in [0.3, 0.4) is 0 Å². The van der Waals surface area contributed by atoms with Gasteiger partial charge >= 0.3 is 0 Å². The highest BCUT2D eigenvalue weighted by Gasteiger charge is 2.19. The summed E-state index contributed by atoms with van der Waals surface area (Å²) < 4.78 is 0. The first-order chi connectivity index (χ1) is 8.34. The molecule has 0 heterocycles. The van der Waals surface area contributed by atoms with E-state index in [-0.39, 0.29) is 17.6 Å². The van der Waals surface area contributed by atoms with Crippen LogP contribution in [0.2, 0.25) is 0 Å². The molecule has 98 valence electrons. The lowest BCUT2D eigenvalue weighted by Crippen LogP contribution is -2.36. The van der Waals surface area contributed by atoms with Crippen LogP contribution in [0.25, 0.3) is 0 Å². The maximum atomic E-state index is 12.0. The number of amides is 1. The Bertz CT molecular complexity index is 469. The molecule has 0 saturated carbocycles. The van der Waals surface area contributed by atoms with Crippen molar-refractivity contribution in [3.63, 3.8) is 0 Å². The second-order valence-electron chi connectivity index (χ2n) is 4.71. The van der Waals surface area contributed by atoms with E-state index in [1.165, 1.54) is 12.1 Å². The molecular formula is C13H18N2O3. The smallest absolute Gasteiger partial charge is 0.273 e. The summed E-state index contributed by atoms with van der Waals surface area (Å²) in [6.45, 7) is 7.51. The molecule has 1 amide bonds. The largest absolute Gasteiger partial charge is 0.349 e. The summed E-state index contributed by atoms with van der Waals surface area (Å²) in [7, 11) is 0. The lowest BCUT2D eigenvalue weighted by molar-refractivity contribution is -0.385. The van der Waals surface area contributed by atoms with Gasteiger partial charge in [-0.2, -0.15) is 0 Å².